The third-order valence-corrected chi connectivity index (χ3v) is 15.9. The Kier molecular flexibility index (Phi) is 10.7. The molecule has 0 bridgehead atoms. The van der Waals surface area contributed by atoms with E-state index >= 15 is 4.79 Å². The van der Waals surface area contributed by atoms with Gasteiger partial charge in [0.1, 0.15) is 5.75 Å². The van der Waals surface area contributed by atoms with Crippen molar-refractivity contribution in [2.45, 2.75) is 56.8 Å². The van der Waals surface area contributed by atoms with Crippen LogP contribution in [0.1, 0.15) is 30.0 Å². The number of carbonyl (C=O) groups excluding carboxylic acids is 2. The van der Waals surface area contributed by atoms with E-state index in [1.165, 1.54) is 5.19 Å². The van der Waals surface area contributed by atoms with Crippen molar-refractivity contribution in [2.24, 2.45) is 5.92 Å². The van der Waals surface area contributed by atoms with Gasteiger partial charge in [-0.3, -0.25) is 9.59 Å². The van der Waals surface area contributed by atoms with Crippen LogP contribution in [0.2, 0.25) is 18.6 Å². The summed E-state index contributed by atoms with van der Waals surface area (Å²) in [6.07, 6.45) is -0.429. The van der Waals surface area contributed by atoms with Crippen LogP contribution in [-0.4, -0.2) is 56.3 Å². The number of nitrogens with zero attached hydrogens (tertiary/aromatic N) is 2. The normalized spacial score (nSPS) is 21.7. The Morgan fingerprint density at radius 3 is 2.37 bits per heavy atom. The average Bonchev–Trinajstić information content (AvgIpc) is 3.51. The van der Waals surface area contributed by atoms with Crippen molar-refractivity contribution in [1.29, 1.82) is 0 Å². The van der Waals surface area contributed by atoms with E-state index < -0.39 is 19.8 Å². The smallest absolute Gasteiger partial charge is 0.264 e. The van der Waals surface area contributed by atoms with Crippen molar-refractivity contribution >= 4 is 69.3 Å². The Morgan fingerprint density at radius 2 is 1.71 bits per heavy atom. The molecule has 1 spiro atoms. The number of benzene rings is 4. The summed E-state index contributed by atoms with van der Waals surface area (Å²) in [5.74, 6) is 0.343. The quantitative estimate of drug-likeness (QED) is 0.127. The fraction of sp³-hybridized carbons (Fsp3) is 0.333. The molecule has 2 aliphatic heterocycles. The van der Waals surface area contributed by atoms with Gasteiger partial charge in [-0.15, -0.1) is 0 Å². The summed E-state index contributed by atoms with van der Waals surface area (Å²) in [5, 5.41) is 11.2. The maximum absolute atomic E-state index is 15.0. The first kappa shape index (κ1) is 35.8. The number of aliphatic hydroxyl groups is 1. The molecule has 2 amide bonds. The molecule has 1 fully saturated rings. The molecule has 7 nitrogen and oxygen atoms in total. The number of carbonyl (C=O) groups is 2. The van der Waals surface area contributed by atoms with Crippen LogP contribution in [0.25, 0.3) is 0 Å². The van der Waals surface area contributed by atoms with Crippen LogP contribution >= 0.6 is 38.5 Å². The number of fused-ring (bicyclic) bond motifs is 2. The molecule has 4 atom stereocenters. The van der Waals surface area contributed by atoms with Gasteiger partial charge in [0.25, 0.3) is 5.91 Å². The van der Waals surface area contributed by atoms with E-state index in [2.05, 4.69) is 94.9 Å². The molecule has 4 aromatic carbocycles. The standard InChI is InChI=1S/C39H42BrIN2O5Si/c1-26-37(49(3,4)32-17-15-31(47-2)16-18-32)35(23-36(45)42(20-21-44)24-27-8-6-5-7-9-27)48-39(26)33-22-29(40)12-19-34(33)43(38(39)46)25-28-10-13-30(41)14-11-28/h5-19,22,26,35,37,44H,20-21,23-25H2,1-4H3/t26-,35+,37-,39+/m1/s1. The van der Waals surface area contributed by atoms with E-state index in [1.54, 1.807) is 12.0 Å². The molecule has 0 aromatic heterocycles. The number of ether oxygens (including phenoxy) is 2. The zero-order valence-corrected chi connectivity index (χ0v) is 33.0. The van der Waals surface area contributed by atoms with Crippen LogP contribution < -0.4 is 14.8 Å². The summed E-state index contributed by atoms with van der Waals surface area (Å²) < 4.78 is 14.7. The Balaban J connectivity index is 1.42. The van der Waals surface area contributed by atoms with Crippen LogP contribution in [0.4, 0.5) is 5.69 Å². The molecule has 0 saturated carbocycles. The zero-order valence-electron chi connectivity index (χ0n) is 28.2. The Bertz CT molecular complexity index is 1810. The van der Waals surface area contributed by atoms with E-state index in [0.717, 1.165) is 36.2 Å². The first-order chi connectivity index (χ1) is 23.5. The third kappa shape index (κ3) is 6.86. The second-order valence-corrected chi connectivity index (χ2v) is 20.4. The molecular weight excluding hydrogens is 811 g/mol. The van der Waals surface area contributed by atoms with Gasteiger partial charge in [0.05, 0.1) is 46.5 Å². The topological polar surface area (TPSA) is 79.3 Å². The number of anilines is 1. The minimum atomic E-state index is -2.45. The van der Waals surface area contributed by atoms with Crippen molar-refractivity contribution < 1.29 is 24.2 Å². The summed E-state index contributed by atoms with van der Waals surface area (Å²) in [5.41, 5.74) is 2.33. The van der Waals surface area contributed by atoms with Gasteiger partial charge >= 0.3 is 0 Å². The molecular formula is C39H42BrIN2O5Si. The van der Waals surface area contributed by atoms with Gasteiger partial charge in [-0.05, 0) is 81.7 Å². The van der Waals surface area contributed by atoms with Gasteiger partial charge in [0.15, 0.2) is 5.60 Å². The van der Waals surface area contributed by atoms with Gasteiger partial charge in [-0.2, -0.15) is 0 Å². The van der Waals surface area contributed by atoms with Crippen LogP contribution in [0, 0.1) is 9.49 Å². The number of hydrogen-bond donors (Lipinski definition) is 1. The van der Waals surface area contributed by atoms with Gasteiger partial charge in [0.2, 0.25) is 5.91 Å². The third-order valence-electron chi connectivity index (χ3n) is 10.4. The summed E-state index contributed by atoms with van der Waals surface area (Å²) in [4.78, 5) is 32.8. The molecule has 0 unspecified atom stereocenters. The molecule has 1 N–H and O–H groups in total. The highest BCUT2D eigenvalue weighted by atomic mass is 127. The van der Waals surface area contributed by atoms with Gasteiger partial charge in [0, 0.05) is 32.6 Å². The summed E-state index contributed by atoms with van der Waals surface area (Å²) in [6, 6.07) is 32.2. The summed E-state index contributed by atoms with van der Waals surface area (Å²) >= 11 is 5.97. The maximum atomic E-state index is 15.0. The highest BCUT2D eigenvalue weighted by Crippen LogP contribution is 2.60. The Morgan fingerprint density at radius 1 is 1.02 bits per heavy atom. The number of aliphatic hydroxyl groups excluding tert-OH is 1. The van der Waals surface area contributed by atoms with Gasteiger partial charge in [-0.1, -0.05) is 95.7 Å². The monoisotopic (exact) mass is 852 g/mol. The van der Waals surface area contributed by atoms with E-state index in [9.17, 15) is 9.90 Å². The average molecular weight is 854 g/mol. The van der Waals surface area contributed by atoms with E-state index in [4.69, 9.17) is 9.47 Å². The predicted molar refractivity (Wildman–Crippen MR) is 208 cm³/mol. The van der Waals surface area contributed by atoms with Crippen LogP contribution in [-0.2, 0) is 33.0 Å². The first-order valence-corrected chi connectivity index (χ1v) is 21.6. The molecule has 2 heterocycles. The minimum absolute atomic E-state index is 0.0911. The van der Waals surface area contributed by atoms with E-state index in [1.807, 2.05) is 65.6 Å². The summed E-state index contributed by atoms with van der Waals surface area (Å²) in [6.45, 7) is 7.63. The molecule has 4 aromatic rings. The zero-order chi connectivity index (χ0) is 34.9. The highest BCUT2D eigenvalue weighted by molar-refractivity contribution is 14.1. The Hall–Kier alpha value is -3.03. The first-order valence-electron chi connectivity index (χ1n) is 16.6. The van der Waals surface area contributed by atoms with E-state index in [-0.39, 0.29) is 42.8 Å². The van der Waals surface area contributed by atoms with Crippen molar-refractivity contribution in [1.82, 2.24) is 4.90 Å². The lowest BCUT2D eigenvalue weighted by Crippen LogP contribution is -2.52. The minimum Gasteiger partial charge on any atom is -0.497 e. The lowest BCUT2D eigenvalue weighted by molar-refractivity contribution is -0.150. The second kappa shape index (κ2) is 14.7. The number of amides is 2. The summed E-state index contributed by atoms with van der Waals surface area (Å²) in [7, 11) is -0.787. The second-order valence-electron chi connectivity index (χ2n) is 13.6. The number of methoxy groups -OCH3 is 1. The van der Waals surface area contributed by atoms with E-state index in [0.29, 0.717) is 13.1 Å². The molecule has 1 saturated heterocycles. The van der Waals surface area contributed by atoms with Crippen LogP contribution in [0.15, 0.2) is 102 Å². The Labute approximate surface area is 311 Å². The number of hydrogen-bond acceptors (Lipinski definition) is 5. The highest BCUT2D eigenvalue weighted by Gasteiger charge is 2.66. The molecule has 49 heavy (non-hydrogen) atoms. The van der Waals surface area contributed by atoms with Crippen molar-refractivity contribution in [3.8, 4) is 5.75 Å². The van der Waals surface area contributed by atoms with Crippen LogP contribution in [0.5, 0.6) is 5.75 Å². The van der Waals surface area contributed by atoms with Crippen molar-refractivity contribution in [2.75, 3.05) is 25.2 Å². The maximum Gasteiger partial charge on any atom is 0.264 e. The fourth-order valence-corrected chi connectivity index (χ4v) is 12.7. The molecule has 6 rings (SSSR count). The SMILES string of the molecule is COc1ccc([Si](C)(C)[C@H]2[C@H](CC(=O)N(CCO)Cc3ccccc3)O[C@@]3(C(=O)N(Cc4ccc(I)cc4)c4ccc(Br)cc43)[C@@H]2C)cc1. The fourth-order valence-electron chi connectivity index (χ4n) is 7.93. The molecule has 2 aliphatic rings. The lowest BCUT2D eigenvalue weighted by Gasteiger charge is -2.37. The predicted octanol–water partition coefficient (Wildman–Crippen LogP) is 7.24. The van der Waals surface area contributed by atoms with Crippen LogP contribution in [0.3, 0.4) is 0 Å². The molecule has 0 radical (unpaired) electrons. The lowest BCUT2D eigenvalue weighted by atomic mass is 9.82. The van der Waals surface area contributed by atoms with Crippen molar-refractivity contribution in [3.63, 3.8) is 0 Å². The van der Waals surface area contributed by atoms with Gasteiger partial charge < -0.3 is 24.4 Å². The largest absolute Gasteiger partial charge is 0.497 e. The van der Waals surface area contributed by atoms with Crippen molar-refractivity contribution in [3.05, 3.63) is 122 Å². The number of rotatable bonds is 11. The molecule has 10 heteroatoms. The molecule has 256 valence electrons. The number of halogens is 2. The van der Waals surface area contributed by atoms with Gasteiger partial charge in [-0.25, -0.2) is 0 Å². The molecule has 0 aliphatic carbocycles.